The minimum atomic E-state index is -0.938. The van der Waals surface area contributed by atoms with Crippen molar-refractivity contribution in [3.63, 3.8) is 0 Å². The van der Waals surface area contributed by atoms with E-state index in [0.717, 1.165) is 5.76 Å². The van der Waals surface area contributed by atoms with E-state index in [1.165, 1.54) is 4.90 Å². The molecule has 7 nitrogen and oxygen atoms in total. The number of carbonyl (C=O) groups is 2. The molecule has 0 saturated carbocycles. The molecule has 1 heterocycles. The van der Waals surface area contributed by atoms with Crippen molar-refractivity contribution in [3.8, 4) is 0 Å². The van der Waals surface area contributed by atoms with Gasteiger partial charge in [0.1, 0.15) is 11.5 Å². The first-order chi connectivity index (χ1) is 9.93. The van der Waals surface area contributed by atoms with Gasteiger partial charge in [0.2, 0.25) is 0 Å². The van der Waals surface area contributed by atoms with Gasteiger partial charge in [-0.25, -0.2) is 4.79 Å². The maximum Gasteiger partial charge on any atom is 0.317 e. The number of carbonyl (C=O) groups excluding carboxylic acids is 1. The molecule has 1 aromatic rings. The van der Waals surface area contributed by atoms with E-state index in [-0.39, 0.29) is 25.0 Å². The molecule has 2 amide bonds. The van der Waals surface area contributed by atoms with E-state index < -0.39 is 5.97 Å². The largest absolute Gasteiger partial charge is 0.481 e. The molecule has 0 saturated heterocycles. The molecule has 0 bridgehead atoms. The van der Waals surface area contributed by atoms with Crippen LogP contribution in [0.4, 0.5) is 4.79 Å². The van der Waals surface area contributed by atoms with E-state index >= 15 is 0 Å². The molecule has 0 spiro atoms. The monoisotopic (exact) mass is 298 g/mol. The molecule has 1 aromatic heterocycles. The van der Waals surface area contributed by atoms with E-state index in [9.17, 15) is 9.59 Å². The molecule has 1 rings (SSSR count). The Balaban J connectivity index is 2.63. The molecule has 1 atom stereocenters. The minimum Gasteiger partial charge on any atom is -0.481 e. The van der Waals surface area contributed by atoms with Gasteiger partial charge in [0.15, 0.2) is 0 Å². The molecule has 0 aliphatic rings. The average Bonchev–Trinajstić information content (AvgIpc) is 2.86. The summed E-state index contributed by atoms with van der Waals surface area (Å²) in [5.74, 6) is 0.484. The van der Waals surface area contributed by atoms with Crippen molar-refractivity contribution in [3.05, 3.63) is 23.7 Å². The molecule has 118 valence electrons. The second-order valence-electron chi connectivity index (χ2n) is 4.80. The second kappa shape index (κ2) is 8.31. The summed E-state index contributed by atoms with van der Waals surface area (Å²) in [7, 11) is 3.14. The molecule has 0 radical (unpaired) electrons. The highest BCUT2D eigenvalue weighted by molar-refractivity contribution is 5.75. The summed E-state index contributed by atoms with van der Waals surface area (Å²) in [5, 5.41) is 11.5. The number of methoxy groups -OCH3 is 1. The first kappa shape index (κ1) is 17.0. The fraction of sp³-hybridized carbons (Fsp3) is 0.571. The zero-order valence-electron chi connectivity index (χ0n) is 12.6. The highest BCUT2D eigenvalue weighted by Crippen LogP contribution is 2.19. The molecule has 2 N–H and O–H groups in total. The highest BCUT2D eigenvalue weighted by atomic mass is 16.5. The smallest absolute Gasteiger partial charge is 0.317 e. The number of hydrogen-bond acceptors (Lipinski definition) is 4. The lowest BCUT2D eigenvalue weighted by molar-refractivity contribution is -0.137. The predicted molar refractivity (Wildman–Crippen MR) is 76.1 cm³/mol. The lowest BCUT2D eigenvalue weighted by Crippen LogP contribution is -2.40. The lowest BCUT2D eigenvalue weighted by atomic mass is 10.1. The normalized spacial score (nSPS) is 12.0. The molecule has 0 aliphatic carbocycles. The Kier molecular flexibility index (Phi) is 6.74. The van der Waals surface area contributed by atoms with Gasteiger partial charge in [-0.15, -0.1) is 0 Å². The van der Waals surface area contributed by atoms with Crippen LogP contribution >= 0.6 is 0 Å². The summed E-state index contributed by atoms with van der Waals surface area (Å²) in [6.07, 6.45) is 0.481. The maximum absolute atomic E-state index is 12.0. The zero-order chi connectivity index (χ0) is 15.8. The van der Waals surface area contributed by atoms with Gasteiger partial charge in [0, 0.05) is 27.3 Å². The maximum atomic E-state index is 12.0. The van der Waals surface area contributed by atoms with Crippen LogP contribution in [-0.2, 0) is 9.53 Å². The SMILES string of the molecule is COCCC(NC(=O)N(C)CCC(=O)O)c1ccc(C)o1. The van der Waals surface area contributed by atoms with Crippen LogP contribution in [0.5, 0.6) is 0 Å². The molecule has 0 aromatic carbocycles. The third-order valence-electron chi connectivity index (χ3n) is 3.02. The number of carboxylic acids is 1. The molecule has 21 heavy (non-hydrogen) atoms. The minimum absolute atomic E-state index is 0.0908. The number of rotatable bonds is 8. The van der Waals surface area contributed by atoms with Crippen molar-refractivity contribution in [2.45, 2.75) is 25.8 Å². The van der Waals surface area contributed by atoms with Crippen LogP contribution in [0.25, 0.3) is 0 Å². The van der Waals surface area contributed by atoms with Crippen LogP contribution in [0.15, 0.2) is 16.5 Å². The molecular formula is C14H22N2O5. The number of furan rings is 1. The van der Waals surface area contributed by atoms with Gasteiger partial charge >= 0.3 is 12.0 Å². The second-order valence-corrected chi connectivity index (χ2v) is 4.80. The summed E-state index contributed by atoms with van der Waals surface area (Å²) < 4.78 is 10.6. The Morgan fingerprint density at radius 3 is 2.71 bits per heavy atom. The fourth-order valence-electron chi connectivity index (χ4n) is 1.79. The number of aryl methyl sites for hydroxylation is 1. The molecule has 0 aliphatic heterocycles. The highest BCUT2D eigenvalue weighted by Gasteiger charge is 2.20. The van der Waals surface area contributed by atoms with E-state index in [2.05, 4.69) is 5.32 Å². The Morgan fingerprint density at radius 1 is 1.48 bits per heavy atom. The summed E-state index contributed by atoms with van der Waals surface area (Å²) in [5.41, 5.74) is 0. The first-order valence-corrected chi connectivity index (χ1v) is 6.72. The van der Waals surface area contributed by atoms with Gasteiger partial charge in [-0.3, -0.25) is 4.79 Å². The molecule has 1 unspecified atom stereocenters. The van der Waals surface area contributed by atoms with Crippen molar-refractivity contribution in [1.82, 2.24) is 10.2 Å². The van der Waals surface area contributed by atoms with Crippen molar-refractivity contribution < 1.29 is 23.8 Å². The number of amides is 2. The number of nitrogens with one attached hydrogen (secondary N) is 1. The predicted octanol–water partition coefficient (Wildman–Crippen LogP) is 1.78. The molecular weight excluding hydrogens is 276 g/mol. The average molecular weight is 298 g/mol. The van der Waals surface area contributed by atoms with Crippen molar-refractivity contribution in [1.29, 1.82) is 0 Å². The fourth-order valence-corrected chi connectivity index (χ4v) is 1.79. The lowest BCUT2D eigenvalue weighted by Gasteiger charge is -2.22. The Labute approximate surface area is 123 Å². The Morgan fingerprint density at radius 2 is 2.19 bits per heavy atom. The van der Waals surface area contributed by atoms with Gasteiger partial charge in [0.05, 0.1) is 12.5 Å². The van der Waals surface area contributed by atoms with E-state index in [1.807, 2.05) is 19.1 Å². The standard InChI is InChI=1S/C14H22N2O5/c1-10-4-5-12(21-10)11(7-9-20-3)15-14(19)16(2)8-6-13(17)18/h4-5,11H,6-9H2,1-3H3,(H,15,19)(H,17,18). The number of nitrogens with zero attached hydrogens (tertiary/aromatic N) is 1. The van der Waals surface area contributed by atoms with E-state index in [4.69, 9.17) is 14.3 Å². The summed E-state index contributed by atoms with van der Waals surface area (Å²) in [4.78, 5) is 23.9. The van der Waals surface area contributed by atoms with Gasteiger partial charge in [-0.1, -0.05) is 0 Å². The van der Waals surface area contributed by atoms with Crippen LogP contribution in [-0.4, -0.2) is 49.3 Å². The summed E-state index contributed by atoms with van der Waals surface area (Å²) in [6, 6.07) is 2.99. The van der Waals surface area contributed by atoms with Crippen LogP contribution in [0.3, 0.4) is 0 Å². The number of urea groups is 1. The van der Waals surface area contributed by atoms with Gasteiger partial charge in [-0.05, 0) is 25.5 Å². The van der Waals surface area contributed by atoms with Gasteiger partial charge in [0.25, 0.3) is 0 Å². The van der Waals surface area contributed by atoms with Crippen LogP contribution in [0.1, 0.15) is 30.4 Å². The van der Waals surface area contributed by atoms with Crippen molar-refractivity contribution in [2.24, 2.45) is 0 Å². The quantitative estimate of drug-likeness (QED) is 0.763. The first-order valence-electron chi connectivity index (χ1n) is 6.72. The van der Waals surface area contributed by atoms with Gasteiger partial charge < -0.3 is 24.5 Å². The Bertz CT molecular complexity index is 472. The third kappa shape index (κ3) is 5.86. The molecule has 0 fully saturated rings. The number of aliphatic carboxylic acids is 1. The Hall–Kier alpha value is -2.02. The van der Waals surface area contributed by atoms with Crippen LogP contribution in [0, 0.1) is 6.92 Å². The topological polar surface area (TPSA) is 92.0 Å². The summed E-state index contributed by atoms with van der Waals surface area (Å²) in [6.45, 7) is 2.45. The van der Waals surface area contributed by atoms with Crippen molar-refractivity contribution in [2.75, 3.05) is 27.3 Å². The number of carboxylic acid groups (broad SMARTS) is 1. The zero-order valence-corrected chi connectivity index (χ0v) is 12.6. The van der Waals surface area contributed by atoms with Crippen LogP contribution in [0.2, 0.25) is 0 Å². The number of ether oxygens (including phenoxy) is 1. The summed E-state index contributed by atoms with van der Waals surface area (Å²) >= 11 is 0. The molecule has 7 heteroatoms. The number of hydrogen-bond donors (Lipinski definition) is 2. The van der Waals surface area contributed by atoms with Crippen LogP contribution < -0.4 is 5.32 Å². The third-order valence-corrected chi connectivity index (χ3v) is 3.02. The van der Waals surface area contributed by atoms with Gasteiger partial charge in [-0.2, -0.15) is 0 Å². The van der Waals surface area contributed by atoms with E-state index in [0.29, 0.717) is 18.8 Å². The van der Waals surface area contributed by atoms with Crippen molar-refractivity contribution >= 4 is 12.0 Å². The van der Waals surface area contributed by atoms with E-state index in [1.54, 1.807) is 14.2 Å².